The lowest BCUT2D eigenvalue weighted by molar-refractivity contribution is -0.394. The molecule has 2 aromatic heterocycles. The average Bonchev–Trinajstić information content (AvgIpc) is 2.77. The summed E-state index contributed by atoms with van der Waals surface area (Å²) in [5.41, 5.74) is 0.810. The molecule has 9 nitrogen and oxygen atoms in total. The molecule has 0 radical (unpaired) electrons. The monoisotopic (exact) mass is 355 g/mol. The van der Waals surface area contributed by atoms with Crippen molar-refractivity contribution in [3.8, 4) is 0 Å². The zero-order chi connectivity index (χ0) is 15.4. The van der Waals surface area contributed by atoms with Crippen molar-refractivity contribution in [3.05, 3.63) is 32.4 Å². The van der Waals surface area contributed by atoms with Crippen molar-refractivity contribution in [2.24, 2.45) is 0 Å². The summed E-state index contributed by atoms with van der Waals surface area (Å²) >= 11 is 3.14. The van der Waals surface area contributed by atoms with Crippen LogP contribution < -0.4 is 5.32 Å². The third-order valence-corrected chi connectivity index (χ3v) is 3.11. The van der Waals surface area contributed by atoms with Crippen molar-refractivity contribution in [1.82, 2.24) is 24.7 Å². The normalized spacial score (nSPS) is 10.6. The molecule has 0 aromatic carbocycles. The Hall–Kier alpha value is -2.10. The molecular weight excluding hydrogens is 342 g/mol. The zero-order valence-corrected chi connectivity index (χ0v) is 13.2. The van der Waals surface area contributed by atoms with E-state index in [1.807, 2.05) is 13.0 Å². The molecule has 2 aromatic rings. The van der Waals surface area contributed by atoms with Crippen molar-refractivity contribution >= 4 is 27.7 Å². The van der Waals surface area contributed by atoms with Gasteiger partial charge >= 0.3 is 5.95 Å². The zero-order valence-electron chi connectivity index (χ0n) is 11.6. The number of hydrogen-bond donors (Lipinski definition) is 1. The van der Waals surface area contributed by atoms with Gasteiger partial charge in [0.25, 0.3) is 4.73 Å². The Morgan fingerprint density at radius 2 is 2.19 bits per heavy atom. The van der Waals surface area contributed by atoms with Crippen molar-refractivity contribution in [1.29, 1.82) is 0 Å². The third kappa shape index (κ3) is 3.94. The number of halogens is 1. The Labute approximate surface area is 129 Å². The lowest BCUT2D eigenvalue weighted by Crippen LogP contribution is -2.10. The predicted molar refractivity (Wildman–Crippen MR) is 79.0 cm³/mol. The van der Waals surface area contributed by atoms with Crippen LogP contribution in [0.2, 0.25) is 0 Å². The van der Waals surface area contributed by atoms with Crippen molar-refractivity contribution in [2.45, 2.75) is 26.8 Å². The molecule has 0 aliphatic rings. The van der Waals surface area contributed by atoms with Crippen molar-refractivity contribution in [2.75, 3.05) is 11.9 Å². The summed E-state index contributed by atoms with van der Waals surface area (Å²) in [6, 6.07) is 1.85. The van der Waals surface area contributed by atoms with Crippen molar-refractivity contribution in [3.63, 3.8) is 0 Å². The SMILES string of the molecule is CCCNc1cc(C)nc(Cn2nc([N+](=O)[O-])nc2Br)n1. The van der Waals surface area contributed by atoms with Crippen LogP contribution in [0, 0.1) is 17.0 Å². The molecule has 0 amide bonds. The van der Waals surface area contributed by atoms with Crippen molar-refractivity contribution < 1.29 is 4.92 Å². The van der Waals surface area contributed by atoms with E-state index in [1.54, 1.807) is 0 Å². The van der Waals surface area contributed by atoms with Crippen LogP contribution >= 0.6 is 15.9 Å². The molecule has 10 heteroatoms. The molecule has 0 unspecified atom stereocenters. The highest BCUT2D eigenvalue weighted by Crippen LogP contribution is 2.14. The van der Waals surface area contributed by atoms with Gasteiger partial charge in [0.1, 0.15) is 12.4 Å². The Morgan fingerprint density at radius 1 is 1.43 bits per heavy atom. The predicted octanol–water partition coefficient (Wildman–Crippen LogP) is 1.92. The number of nitrogens with zero attached hydrogens (tertiary/aromatic N) is 6. The maximum absolute atomic E-state index is 10.7. The molecular formula is C11H14BrN7O2. The van der Waals surface area contributed by atoms with E-state index in [1.165, 1.54) is 4.68 Å². The lowest BCUT2D eigenvalue weighted by Gasteiger charge is -2.07. The second-order valence-corrected chi connectivity index (χ2v) is 5.04. The van der Waals surface area contributed by atoms with E-state index in [-0.39, 0.29) is 11.3 Å². The minimum atomic E-state index is -0.646. The minimum absolute atomic E-state index is 0.198. The molecule has 0 atom stereocenters. The summed E-state index contributed by atoms with van der Waals surface area (Å²) in [7, 11) is 0. The van der Waals surface area contributed by atoms with Gasteiger partial charge in [-0.25, -0.2) is 9.97 Å². The van der Waals surface area contributed by atoms with Gasteiger partial charge in [0, 0.05) is 39.3 Å². The Kier molecular flexibility index (Phi) is 4.78. The van der Waals surface area contributed by atoms with E-state index in [0.29, 0.717) is 5.82 Å². The average molecular weight is 356 g/mol. The Bertz CT molecular complexity index is 658. The molecule has 2 heterocycles. The van der Waals surface area contributed by atoms with E-state index in [9.17, 15) is 10.1 Å². The second kappa shape index (κ2) is 6.57. The molecule has 0 spiro atoms. The van der Waals surface area contributed by atoms with Crippen LogP contribution in [0.5, 0.6) is 0 Å². The molecule has 0 fully saturated rings. The van der Waals surface area contributed by atoms with Gasteiger partial charge in [-0.15, -0.1) is 0 Å². The van der Waals surface area contributed by atoms with Crippen LogP contribution in [0.25, 0.3) is 0 Å². The fraction of sp³-hybridized carbons (Fsp3) is 0.455. The third-order valence-electron chi connectivity index (χ3n) is 2.53. The van der Waals surface area contributed by atoms with Crippen LogP contribution in [0.3, 0.4) is 0 Å². The van der Waals surface area contributed by atoms with Gasteiger partial charge in [-0.05, 0) is 23.3 Å². The number of aryl methyl sites for hydroxylation is 1. The molecule has 0 aliphatic carbocycles. The maximum Gasteiger partial charge on any atom is 0.492 e. The van der Waals surface area contributed by atoms with Crippen LogP contribution in [-0.2, 0) is 6.54 Å². The Balaban J connectivity index is 2.22. The topological polar surface area (TPSA) is 112 Å². The van der Waals surface area contributed by atoms with E-state index in [0.717, 1.165) is 24.5 Å². The molecule has 0 aliphatic heterocycles. The fourth-order valence-electron chi connectivity index (χ4n) is 1.67. The number of rotatable bonds is 6. The highest BCUT2D eigenvalue weighted by Gasteiger charge is 2.20. The first-order valence-corrected chi connectivity index (χ1v) is 7.12. The summed E-state index contributed by atoms with van der Waals surface area (Å²) < 4.78 is 1.61. The number of hydrogen-bond acceptors (Lipinski definition) is 7. The van der Waals surface area contributed by atoms with E-state index < -0.39 is 10.9 Å². The number of anilines is 1. The number of nitrogens with one attached hydrogen (secondary N) is 1. The first kappa shape index (κ1) is 15.3. The van der Waals surface area contributed by atoms with Gasteiger partial charge in [-0.1, -0.05) is 6.92 Å². The van der Waals surface area contributed by atoms with Gasteiger partial charge < -0.3 is 15.4 Å². The number of aromatic nitrogens is 5. The van der Waals surface area contributed by atoms with Gasteiger partial charge in [-0.2, -0.15) is 4.68 Å². The summed E-state index contributed by atoms with van der Waals surface area (Å²) in [5, 5.41) is 17.6. The van der Waals surface area contributed by atoms with Crippen LogP contribution in [0.4, 0.5) is 11.8 Å². The highest BCUT2D eigenvalue weighted by atomic mass is 79.9. The van der Waals surface area contributed by atoms with E-state index >= 15 is 0 Å². The van der Waals surface area contributed by atoms with Crippen LogP contribution in [0.1, 0.15) is 24.9 Å². The number of nitro groups is 1. The Morgan fingerprint density at radius 3 is 2.81 bits per heavy atom. The van der Waals surface area contributed by atoms with E-state index in [2.05, 4.69) is 48.2 Å². The standard InChI is InChI=1S/C11H14BrN7O2/c1-3-4-13-8-5-7(2)14-9(15-8)6-18-10(12)16-11(17-18)19(20)21/h5H,3-4,6H2,1-2H3,(H,13,14,15). The molecule has 112 valence electrons. The summed E-state index contributed by atoms with van der Waals surface area (Å²) in [5.74, 6) is 0.776. The fourth-order valence-corrected chi connectivity index (χ4v) is 2.03. The quantitative estimate of drug-likeness (QED) is 0.622. The molecule has 21 heavy (non-hydrogen) atoms. The molecule has 2 rings (SSSR count). The molecule has 1 N–H and O–H groups in total. The minimum Gasteiger partial charge on any atom is -0.390 e. The van der Waals surface area contributed by atoms with E-state index in [4.69, 9.17) is 0 Å². The lowest BCUT2D eigenvalue weighted by atomic mass is 10.4. The summed E-state index contributed by atoms with van der Waals surface area (Å²) in [6.45, 7) is 4.94. The molecule has 0 saturated heterocycles. The van der Waals surface area contributed by atoms with Gasteiger partial charge in [0.15, 0.2) is 5.82 Å². The second-order valence-electron chi connectivity index (χ2n) is 4.33. The van der Waals surface area contributed by atoms with Crippen LogP contribution in [0.15, 0.2) is 10.8 Å². The summed E-state index contributed by atoms with van der Waals surface area (Å²) in [4.78, 5) is 22.4. The molecule has 0 bridgehead atoms. The summed E-state index contributed by atoms with van der Waals surface area (Å²) in [6.07, 6.45) is 0.985. The first-order chi connectivity index (χ1) is 9.99. The maximum atomic E-state index is 10.7. The highest BCUT2D eigenvalue weighted by molar-refractivity contribution is 9.10. The van der Waals surface area contributed by atoms with Crippen LogP contribution in [-0.4, -0.2) is 36.2 Å². The first-order valence-electron chi connectivity index (χ1n) is 6.32. The smallest absolute Gasteiger partial charge is 0.390 e. The largest absolute Gasteiger partial charge is 0.492 e. The van der Waals surface area contributed by atoms with Gasteiger partial charge in [0.2, 0.25) is 0 Å². The molecule has 0 saturated carbocycles. The van der Waals surface area contributed by atoms with Gasteiger partial charge in [0.05, 0.1) is 0 Å². The van der Waals surface area contributed by atoms with Gasteiger partial charge in [-0.3, -0.25) is 0 Å².